The molecule has 3 amide bonds. The van der Waals surface area contributed by atoms with Crippen LogP contribution in [-0.2, 0) is 28.0 Å². The predicted octanol–water partition coefficient (Wildman–Crippen LogP) is -0.658. The van der Waals surface area contributed by atoms with Gasteiger partial charge in [-0.2, -0.15) is 8.42 Å². The van der Waals surface area contributed by atoms with Gasteiger partial charge in [-0.05, 0) is 32.1 Å². The molecule has 3 N–H and O–H groups in total. The van der Waals surface area contributed by atoms with E-state index in [9.17, 15) is 23.1 Å². The quantitative estimate of drug-likeness (QED) is 0.600. The first-order chi connectivity index (χ1) is 13.1. The molecule has 2 aliphatic rings. The second-order valence-corrected chi connectivity index (χ2v) is 8.53. The number of carbonyl (C=O) groups excluding carboxylic acids is 2. The molecule has 1 saturated heterocycles. The summed E-state index contributed by atoms with van der Waals surface area (Å²) in [5.74, 6) is -2.35. The summed E-state index contributed by atoms with van der Waals surface area (Å²) < 4.78 is 41.5. The van der Waals surface area contributed by atoms with E-state index in [-0.39, 0.29) is 18.1 Å². The van der Waals surface area contributed by atoms with E-state index in [4.69, 9.17) is 0 Å². The summed E-state index contributed by atoms with van der Waals surface area (Å²) >= 11 is 0. The van der Waals surface area contributed by atoms with Crippen LogP contribution in [0.2, 0.25) is 0 Å². The number of hydrogen-bond acceptors (Lipinski definition) is 6. The largest absolute Gasteiger partial charge is 0.506 e. The predicted molar refractivity (Wildman–Crippen MR) is 98.5 cm³/mol. The van der Waals surface area contributed by atoms with Crippen molar-refractivity contribution in [1.82, 2.24) is 19.8 Å². The van der Waals surface area contributed by atoms with Crippen molar-refractivity contribution in [2.75, 3.05) is 44.6 Å². The highest BCUT2D eigenvalue weighted by molar-refractivity contribution is 7.92. The third-order valence-electron chi connectivity index (χ3n) is 4.61. The van der Waals surface area contributed by atoms with Crippen LogP contribution in [-0.4, -0.2) is 75.5 Å². The van der Waals surface area contributed by atoms with Crippen LogP contribution in [0.15, 0.2) is 6.07 Å². The fraction of sp³-hybridized carbons (Fsp3) is 0.500. The Hall–Kier alpha value is -2.60. The lowest BCUT2D eigenvalue weighted by Gasteiger charge is -2.31. The molecule has 10 nitrogen and oxygen atoms in total. The van der Waals surface area contributed by atoms with Gasteiger partial charge in [-0.1, -0.05) is 0 Å². The molecular weight excluding hydrogens is 393 g/mol. The summed E-state index contributed by atoms with van der Waals surface area (Å²) in [5, 5.41) is 12.9. The number of phenolic OH excluding ortho intramolecular Hbond substituents is 1. The molecule has 0 atom stereocenters. The standard InChI is InChI=1S/C16H22FN5O5S/c1-20(2)6-4-18-16(25)21-5-3-10-7-12(23)15(14(17)11(10)8-21)22-9-13(24)19-28(22,26)27/h7,23H,3-6,8-9H2,1-2H3,(H,18,25)(H,19,24). The Morgan fingerprint density at radius 2 is 2.11 bits per heavy atom. The lowest BCUT2D eigenvalue weighted by Crippen LogP contribution is -2.44. The third-order valence-corrected chi connectivity index (χ3v) is 5.98. The zero-order chi connectivity index (χ0) is 20.6. The van der Waals surface area contributed by atoms with Gasteiger partial charge in [-0.3, -0.25) is 4.79 Å². The molecule has 12 heteroatoms. The van der Waals surface area contributed by atoms with Gasteiger partial charge in [0.2, 0.25) is 0 Å². The molecule has 0 saturated carbocycles. The smallest absolute Gasteiger partial charge is 0.326 e. The summed E-state index contributed by atoms with van der Waals surface area (Å²) in [7, 11) is -0.527. The van der Waals surface area contributed by atoms with Gasteiger partial charge in [0.25, 0.3) is 5.91 Å². The van der Waals surface area contributed by atoms with Crippen molar-refractivity contribution >= 4 is 27.8 Å². The number of hydrogen-bond donors (Lipinski definition) is 3. The molecule has 0 aliphatic carbocycles. The van der Waals surface area contributed by atoms with Gasteiger partial charge in [0, 0.05) is 25.2 Å². The van der Waals surface area contributed by atoms with E-state index >= 15 is 4.39 Å². The molecule has 1 aromatic carbocycles. The number of rotatable bonds is 4. The maximum atomic E-state index is 15.2. The Kier molecular flexibility index (Phi) is 5.35. The summed E-state index contributed by atoms with van der Waals surface area (Å²) in [6.07, 6.45) is 0.311. The number of halogens is 1. The van der Waals surface area contributed by atoms with E-state index in [1.807, 2.05) is 19.0 Å². The summed E-state index contributed by atoms with van der Waals surface area (Å²) in [4.78, 5) is 27.1. The van der Waals surface area contributed by atoms with E-state index < -0.39 is 39.9 Å². The molecule has 0 bridgehead atoms. The SMILES string of the molecule is CN(C)CCNC(=O)N1CCc2cc(O)c(N3CC(=O)NS3(=O)=O)c(F)c2C1. The molecular formula is C16H22FN5O5S. The van der Waals surface area contributed by atoms with Crippen LogP contribution >= 0.6 is 0 Å². The zero-order valence-electron chi connectivity index (χ0n) is 15.5. The minimum atomic E-state index is -4.27. The minimum absolute atomic E-state index is 0.0719. The van der Waals surface area contributed by atoms with Gasteiger partial charge in [0.1, 0.15) is 18.0 Å². The summed E-state index contributed by atoms with van der Waals surface area (Å²) in [5.41, 5.74) is 0.0234. The van der Waals surface area contributed by atoms with Crippen LogP contribution in [0.1, 0.15) is 11.1 Å². The van der Waals surface area contributed by atoms with Crippen molar-refractivity contribution < 1.29 is 27.5 Å². The molecule has 1 fully saturated rings. The lowest BCUT2D eigenvalue weighted by molar-refractivity contribution is -0.117. The number of anilines is 1. The monoisotopic (exact) mass is 415 g/mol. The van der Waals surface area contributed by atoms with Gasteiger partial charge in [-0.15, -0.1) is 0 Å². The van der Waals surface area contributed by atoms with Crippen LogP contribution in [0, 0.1) is 5.82 Å². The first kappa shape index (κ1) is 20.1. The molecule has 2 heterocycles. The first-order valence-corrected chi connectivity index (χ1v) is 10.1. The Morgan fingerprint density at radius 3 is 2.71 bits per heavy atom. The minimum Gasteiger partial charge on any atom is -0.506 e. The molecule has 2 aliphatic heterocycles. The molecule has 1 aromatic rings. The van der Waals surface area contributed by atoms with Crippen molar-refractivity contribution in [2.45, 2.75) is 13.0 Å². The topological polar surface area (TPSA) is 122 Å². The van der Waals surface area contributed by atoms with Crippen molar-refractivity contribution in [1.29, 1.82) is 0 Å². The van der Waals surface area contributed by atoms with E-state index in [2.05, 4.69) is 5.32 Å². The number of phenols is 1. The van der Waals surface area contributed by atoms with Crippen LogP contribution in [0.3, 0.4) is 0 Å². The van der Waals surface area contributed by atoms with E-state index in [0.29, 0.717) is 35.9 Å². The number of nitrogens with one attached hydrogen (secondary N) is 2. The molecule has 154 valence electrons. The molecule has 0 aromatic heterocycles. The Bertz CT molecular complexity index is 920. The van der Waals surface area contributed by atoms with Crippen LogP contribution in [0.25, 0.3) is 0 Å². The Balaban J connectivity index is 1.86. The average Bonchev–Trinajstić information content (AvgIpc) is 2.86. The van der Waals surface area contributed by atoms with Crippen molar-refractivity contribution in [3.8, 4) is 5.75 Å². The molecule has 0 spiro atoms. The Labute approximate surface area is 162 Å². The normalized spacial score (nSPS) is 18.2. The van der Waals surface area contributed by atoms with Gasteiger partial charge in [0.05, 0.1) is 6.54 Å². The zero-order valence-corrected chi connectivity index (χ0v) is 16.3. The number of amides is 3. The molecule has 0 radical (unpaired) electrons. The van der Waals surface area contributed by atoms with Gasteiger partial charge in [0.15, 0.2) is 5.82 Å². The molecule has 28 heavy (non-hydrogen) atoms. The fourth-order valence-electron chi connectivity index (χ4n) is 3.19. The molecule has 0 unspecified atom stereocenters. The number of fused-ring (bicyclic) bond motifs is 1. The van der Waals surface area contributed by atoms with Crippen molar-refractivity contribution in [2.24, 2.45) is 0 Å². The summed E-state index contributed by atoms with van der Waals surface area (Å²) in [6.45, 7) is 0.716. The highest BCUT2D eigenvalue weighted by Crippen LogP contribution is 2.38. The first-order valence-electron chi connectivity index (χ1n) is 8.64. The number of nitrogens with zero attached hydrogens (tertiary/aromatic N) is 3. The van der Waals surface area contributed by atoms with Crippen molar-refractivity contribution in [3.63, 3.8) is 0 Å². The number of likely N-dealkylation sites (N-methyl/N-ethyl adjacent to an activating group) is 1. The van der Waals surface area contributed by atoms with Gasteiger partial charge >= 0.3 is 16.2 Å². The number of carbonyl (C=O) groups is 2. The van der Waals surface area contributed by atoms with Crippen LogP contribution in [0.4, 0.5) is 14.9 Å². The second kappa shape index (κ2) is 7.43. The van der Waals surface area contributed by atoms with Gasteiger partial charge < -0.3 is 20.2 Å². The Morgan fingerprint density at radius 1 is 1.39 bits per heavy atom. The number of aromatic hydroxyl groups is 1. The fourth-order valence-corrected chi connectivity index (χ4v) is 4.35. The van der Waals surface area contributed by atoms with Crippen molar-refractivity contribution in [3.05, 3.63) is 23.0 Å². The lowest BCUT2D eigenvalue weighted by atomic mass is 9.97. The van der Waals surface area contributed by atoms with Crippen LogP contribution < -0.4 is 14.3 Å². The summed E-state index contributed by atoms with van der Waals surface area (Å²) in [6, 6.07) is 0.931. The van der Waals surface area contributed by atoms with E-state index in [0.717, 1.165) is 0 Å². The average molecular weight is 415 g/mol. The number of urea groups is 1. The van der Waals surface area contributed by atoms with Gasteiger partial charge in [-0.25, -0.2) is 18.2 Å². The maximum absolute atomic E-state index is 15.2. The number of benzene rings is 1. The van der Waals surface area contributed by atoms with Crippen LogP contribution in [0.5, 0.6) is 5.75 Å². The maximum Gasteiger partial charge on any atom is 0.326 e. The highest BCUT2D eigenvalue weighted by atomic mass is 32.2. The second-order valence-electron chi connectivity index (χ2n) is 6.94. The molecule has 3 rings (SSSR count). The van der Waals surface area contributed by atoms with E-state index in [1.54, 1.807) is 4.72 Å². The van der Waals surface area contributed by atoms with E-state index in [1.165, 1.54) is 11.0 Å². The third kappa shape index (κ3) is 3.83. The highest BCUT2D eigenvalue weighted by Gasteiger charge is 2.39.